The molecule has 0 aliphatic rings. The van der Waals surface area contributed by atoms with Crippen LogP contribution in [0.5, 0.6) is 5.75 Å². The number of hydrogen-bond acceptors (Lipinski definition) is 5. The third-order valence-corrected chi connectivity index (χ3v) is 4.97. The van der Waals surface area contributed by atoms with E-state index in [-0.39, 0.29) is 28.3 Å². The molecule has 0 atom stereocenters. The Hall–Kier alpha value is -4.12. The van der Waals surface area contributed by atoms with Crippen molar-refractivity contribution in [2.45, 2.75) is 20.0 Å². The molecule has 0 saturated carbocycles. The summed E-state index contributed by atoms with van der Waals surface area (Å²) in [6.07, 6.45) is -3.87. The summed E-state index contributed by atoms with van der Waals surface area (Å²) in [5.74, 6) is -4.30. The van der Waals surface area contributed by atoms with E-state index in [4.69, 9.17) is 11.6 Å². The fourth-order valence-corrected chi connectivity index (χ4v) is 3.11. The second kappa shape index (κ2) is 10.0. The average molecular weight is 507 g/mol. The number of nitrogens with zero attached hydrogens (tertiary/aromatic N) is 1. The molecule has 1 heterocycles. The van der Waals surface area contributed by atoms with Gasteiger partial charge in [-0.2, -0.15) is 13.2 Å². The van der Waals surface area contributed by atoms with E-state index in [0.29, 0.717) is 16.1 Å². The van der Waals surface area contributed by atoms with E-state index >= 15 is 0 Å². The van der Waals surface area contributed by atoms with Gasteiger partial charge in [0.2, 0.25) is 0 Å². The van der Waals surface area contributed by atoms with Crippen molar-refractivity contribution in [1.29, 1.82) is 0 Å². The Labute approximate surface area is 202 Å². The van der Waals surface area contributed by atoms with E-state index in [1.54, 1.807) is 12.2 Å². The second-order valence-electron chi connectivity index (χ2n) is 7.42. The molecule has 0 fully saturated rings. The number of phenols is 1. The van der Waals surface area contributed by atoms with Gasteiger partial charge in [0.05, 0.1) is 22.0 Å². The van der Waals surface area contributed by atoms with Gasteiger partial charge in [0.1, 0.15) is 17.1 Å². The largest absolute Gasteiger partial charge is 0.507 e. The second-order valence-corrected chi connectivity index (χ2v) is 7.86. The van der Waals surface area contributed by atoms with E-state index in [0.717, 1.165) is 0 Å². The lowest BCUT2D eigenvalue weighted by Crippen LogP contribution is -2.31. The summed E-state index contributed by atoms with van der Waals surface area (Å²) in [5, 5.41) is 17.4. The minimum atomic E-state index is -5.17. The van der Waals surface area contributed by atoms with Crippen LogP contribution in [-0.2, 0) is 4.79 Å². The lowest BCUT2D eigenvalue weighted by Gasteiger charge is -2.16. The molecule has 1 aromatic heterocycles. The molecule has 3 rings (SSSR count). The van der Waals surface area contributed by atoms with E-state index in [1.807, 2.05) is 0 Å². The zero-order valence-corrected chi connectivity index (χ0v) is 19.0. The maximum absolute atomic E-state index is 13.0. The number of nitrogens with one attached hydrogen (secondary N) is 3. The van der Waals surface area contributed by atoms with Gasteiger partial charge in [-0.25, -0.2) is 4.98 Å². The fraction of sp³-hybridized carbons (Fsp3) is 0.130. The van der Waals surface area contributed by atoms with Crippen LogP contribution in [0, 0.1) is 13.8 Å². The van der Waals surface area contributed by atoms with Crippen molar-refractivity contribution in [3.8, 4) is 5.75 Å². The van der Waals surface area contributed by atoms with Gasteiger partial charge in [-0.05, 0) is 55.3 Å². The Bertz CT molecular complexity index is 1310. The fourth-order valence-electron chi connectivity index (χ4n) is 3.00. The number of carbonyl (C=O) groups is 3. The van der Waals surface area contributed by atoms with Gasteiger partial charge in [-0.15, -0.1) is 0 Å². The highest BCUT2D eigenvalue weighted by Gasteiger charge is 2.39. The van der Waals surface area contributed by atoms with Gasteiger partial charge >= 0.3 is 12.1 Å². The molecule has 8 nitrogen and oxygen atoms in total. The van der Waals surface area contributed by atoms with Gasteiger partial charge in [-0.1, -0.05) is 23.7 Å². The molecule has 3 amide bonds. The van der Waals surface area contributed by atoms with Crippen LogP contribution >= 0.6 is 11.6 Å². The van der Waals surface area contributed by atoms with E-state index < -0.39 is 29.6 Å². The highest BCUT2D eigenvalue weighted by atomic mass is 35.5. The first-order valence-corrected chi connectivity index (χ1v) is 10.3. The van der Waals surface area contributed by atoms with Crippen molar-refractivity contribution >= 4 is 46.5 Å². The number of amides is 3. The summed E-state index contributed by atoms with van der Waals surface area (Å²) < 4.78 is 38.2. The molecule has 0 spiro atoms. The molecule has 35 heavy (non-hydrogen) atoms. The third-order valence-electron chi connectivity index (χ3n) is 4.75. The van der Waals surface area contributed by atoms with Crippen LogP contribution in [0.2, 0.25) is 5.02 Å². The molecule has 0 unspecified atom stereocenters. The summed E-state index contributed by atoms with van der Waals surface area (Å²) in [7, 11) is 0. The van der Waals surface area contributed by atoms with Crippen LogP contribution in [0.25, 0.3) is 0 Å². The third kappa shape index (κ3) is 6.07. The number of aromatic hydroxyl groups is 1. The molecule has 182 valence electrons. The number of phenolic OH excluding ortho intramolecular Hbond substituents is 1. The summed E-state index contributed by atoms with van der Waals surface area (Å²) in [6.45, 7) is 3.10. The zero-order valence-electron chi connectivity index (χ0n) is 18.2. The van der Waals surface area contributed by atoms with Gasteiger partial charge in [0.25, 0.3) is 11.8 Å². The molecule has 2 aromatic carbocycles. The van der Waals surface area contributed by atoms with Crippen molar-refractivity contribution in [1.82, 2.24) is 4.98 Å². The minimum Gasteiger partial charge on any atom is -0.507 e. The molecule has 4 N–H and O–H groups in total. The smallest absolute Gasteiger partial charge is 0.471 e. The van der Waals surface area contributed by atoms with Crippen molar-refractivity contribution in [2.24, 2.45) is 0 Å². The first-order valence-electron chi connectivity index (χ1n) is 9.92. The lowest BCUT2D eigenvalue weighted by molar-refractivity contribution is -0.167. The molecule has 0 aliphatic carbocycles. The van der Waals surface area contributed by atoms with Crippen LogP contribution in [0.1, 0.15) is 31.8 Å². The average Bonchev–Trinajstić information content (AvgIpc) is 2.77. The van der Waals surface area contributed by atoms with Crippen LogP contribution in [0.4, 0.5) is 30.4 Å². The Kier molecular flexibility index (Phi) is 7.30. The molecule has 12 heteroatoms. The number of anilines is 3. The highest BCUT2D eigenvalue weighted by Crippen LogP contribution is 2.31. The lowest BCUT2D eigenvalue weighted by atomic mass is 10.0. The number of halogens is 4. The quantitative estimate of drug-likeness (QED) is 0.385. The highest BCUT2D eigenvalue weighted by molar-refractivity contribution is 6.30. The van der Waals surface area contributed by atoms with E-state index in [1.165, 1.54) is 55.6 Å². The number of aryl methyl sites for hydroxylation is 2. The Balaban J connectivity index is 1.94. The summed E-state index contributed by atoms with van der Waals surface area (Å²) in [4.78, 5) is 41.2. The molecule has 0 aliphatic heterocycles. The zero-order chi connectivity index (χ0) is 25.9. The Morgan fingerprint density at radius 2 is 1.63 bits per heavy atom. The number of hydrogen-bond donors (Lipinski definition) is 4. The monoisotopic (exact) mass is 506 g/mol. The number of aromatic nitrogens is 1. The molecular weight excluding hydrogens is 489 g/mol. The Morgan fingerprint density at radius 3 is 2.26 bits per heavy atom. The maximum Gasteiger partial charge on any atom is 0.471 e. The molecule has 0 radical (unpaired) electrons. The van der Waals surface area contributed by atoms with Gasteiger partial charge in [0, 0.05) is 6.20 Å². The van der Waals surface area contributed by atoms with Gasteiger partial charge < -0.3 is 21.1 Å². The van der Waals surface area contributed by atoms with Gasteiger partial charge in [-0.3, -0.25) is 14.4 Å². The van der Waals surface area contributed by atoms with Crippen molar-refractivity contribution < 1.29 is 32.7 Å². The van der Waals surface area contributed by atoms with Gasteiger partial charge in [0.15, 0.2) is 0 Å². The first-order chi connectivity index (χ1) is 16.4. The topological polar surface area (TPSA) is 120 Å². The molecule has 0 bridgehead atoms. The number of rotatable bonds is 5. The SMILES string of the molecule is Cc1ccc(C(=O)Nc2ccc(C)c(O)c2C(=O)Nc2ccc(Cl)cn2)c(NC(=O)C(F)(F)F)c1. The maximum atomic E-state index is 13.0. The Morgan fingerprint density at radius 1 is 0.914 bits per heavy atom. The number of pyridine rings is 1. The van der Waals surface area contributed by atoms with Crippen LogP contribution < -0.4 is 16.0 Å². The van der Waals surface area contributed by atoms with E-state index in [2.05, 4.69) is 15.6 Å². The van der Waals surface area contributed by atoms with Crippen molar-refractivity contribution in [3.05, 3.63) is 75.9 Å². The molecular formula is C23H18ClF3N4O4. The number of carbonyl (C=O) groups excluding carboxylic acids is 3. The van der Waals surface area contributed by atoms with Crippen LogP contribution in [0.15, 0.2) is 48.7 Å². The summed E-state index contributed by atoms with van der Waals surface area (Å²) in [5.41, 5.74) is -0.286. The van der Waals surface area contributed by atoms with Crippen LogP contribution in [0.3, 0.4) is 0 Å². The summed E-state index contributed by atoms with van der Waals surface area (Å²) >= 11 is 5.78. The molecule has 0 saturated heterocycles. The summed E-state index contributed by atoms with van der Waals surface area (Å²) in [6, 6.07) is 9.57. The molecule has 3 aromatic rings. The normalized spacial score (nSPS) is 11.0. The predicted molar refractivity (Wildman–Crippen MR) is 124 cm³/mol. The minimum absolute atomic E-state index is 0.119. The standard InChI is InChI=1S/C23H18ClF3N4O4/c1-11-3-6-14(16(9-11)30-22(35)23(25,26)27)20(33)29-15-7-4-12(2)19(32)18(15)21(34)31-17-8-5-13(24)10-28-17/h3-10,32H,1-2H3,(H,29,33)(H,30,35)(H,28,31,34). The van der Waals surface area contributed by atoms with Crippen LogP contribution in [-0.4, -0.2) is 34.0 Å². The van der Waals surface area contributed by atoms with E-state index in [9.17, 15) is 32.7 Å². The predicted octanol–water partition coefficient (Wildman–Crippen LogP) is 5.06. The first kappa shape index (κ1) is 25.5. The number of benzene rings is 2. The number of alkyl halides is 3. The van der Waals surface area contributed by atoms with Crippen molar-refractivity contribution in [3.63, 3.8) is 0 Å². The van der Waals surface area contributed by atoms with Crippen molar-refractivity contribution in [2.75, 3.05) is 16.0 Å².